The number of ether oxygens (including phenoxy) is 4. The number of allylic oxidation sites excluding steroid dienone is 4. The van der Waals surface area contributed by atoms with Gasteiger partial charge in [-0.2, -0.15) is 0 Å². The predicted octanol–water partition coefficient (Wildman–Crippen LogP) is 3.77. The Morgan fingerprint density at radius 2 is 1.67 bits per heavy atom. The van der Waals surface area contributed by atoms with Gasteiger partial charge in [-0.05, 0) is 27.0 Å². The van der Waals surface area contributed by atoms with Crippen LogP contribution in [0, 0.1) is 36.0 Å². The number of fused-ring (bicyclic) bond motifs is 3. The number of carbonyl (C=O) groups excluding carboxylic acids is 3. The van der Waals surface area contributed by atoms with E-state index in [1.54, 1.807) is 65.8 Å². The first-order valence-corrected chi connectivity index (χ1v) is 19.9. The van der Waals surface area contributed by atoms with Crippen LogP contribution in [0.15, 0.2) is 52.5 Å². The summed E-state index contributed by atoms with van der Waals surface area (Å²) in [6, 6.07) is 0. The number of piperidine rings is 1. The van der Waals surface area contributed by atoms with Crippen LogP contribution in [0.1, 0.15) is 88.4 Å². The van der Waals surface area contributed by atoms with E-state index >= 15 is 0 Å². The van der Waals surface area contributed by atoms with Crippen molar-refractivity contribution < 1.29 is 48.7 Å². The maximum Gasteiger partial charge on any atom is 0.302 e. The second-order valence-corrected chi connectivity index (χ2v) is 16.7. The van der Waals surface area contributed by atoms with E-state index in [4.69, 9.17) is 23.9 Å². The molecule has 6 rings (SSSR count). The molecular formula is C43H57N5O10. The summed E-state index contributed by atoms with van der Waals surface area (Å²) in [4.78, 5) is 48.2. The molecule has 15 heteroatoms. The third kappa shape index (κ3) is 7.49. The zero-order valence-electron chi connectivity index (χ0n) is 34.9. The Labute approximate surface area is 339 Å². The van der Waals surface area contributed by atoms with Gasteiger partial charge < -0.3 is 49.8 Å². The highest BCUT2D eigenvalue weighted by Crippen LogP contribution is 2.50. The maximum absolute atomic E-state index is 14.6. The van der Waals surface area contributed by atoms with E-state index in [-0.39, 0.29) is 50.7 Å². The van der Waals surface area contributed by atoms with E-state index in [2.05, 4.69) is 15.5 Å². The first-order chi connectivity index (χ1) is 27.3. The molecule has 4 aliphatic heterocycles. The van der Waals surface area contributed by atoms with Crippen molar-refractivity contribution in [2.24, 2.45) is 28.7 Å². The average Bonchev–Trinajstić information content (AvgIpc) is 3.69. The molecule has 6 N–H and O–H groups in total. The van der Waals surface area contributed by atoms with Gasteiger partial charge in [-0.1, -0.05) is 45.9 Å². The number of aliphatic hydroxyl groups is 2. The predicted molar refractivity (Wildman–Crippen MR) is 215 cm³/mol. The lowest BCUT2D eigenvalue weighted by atomic mass is 9.78. The van der Waals surface area contributed by atoms with Gasteiger partial charge in [0.2, 0.25) is 5.78 Å². The molecule has 1 amide bonds. The number of nitrogens with zero attached hydrogens (tertiary/aromatic N) is 2. The number of amides is 1. The summed E-state index contributed by atoms with van der Waals surface area (Å²) in [6.45, 7) is 14.5. The van der Waals surface area contributed by atoms with Gasteiger partial charge >= 0.3 is 5.97 Å². The smallest absolute Gasteiger partial charge is 0.302 e. The van der Waals surface area contributed by atoms with E-state index in [9.17, 15) is 35.1 Å². The largest absolute Gasteiger partial charge is 0.507 e. The number of Topliss-reactive ketones (excluding diaryl/α,β-unsaturated/α-hetero) is 1. The molecule has 1 aromatic rings. The first kappa shape index (κ1) is 42.8. The van der Waals surface area contributed by atoms with E-state index in [0.29, 0.717) is 37.3 Å². The Morgan fingerprint density at radius 1 is 1.00 bits per heavy atom. The molecule has 0 radical (unpaired) electrons. The second kappa shape index (κ2) is 16.1. The molecule has 9 atom stereocenters. The quantitative estimate of drug-likeness (QED) is 0.236. The molecule has 4 heterocycles. The molecule has 0 saturated carbocycles. The van der Waals surface area contributed by atoms with Gasteiger partial charge in [-0.15, -0.1) is 0 Å². The summed E-state index contributed by atoms with van der Waals surface area (Å²) in [5.41, 5.74) is 0.400. The minimum absolute atomic E-state index is 0.0761. The van der Waals surface area contributed by atoms with E-state index < -0.39 is 77.2 Å². The Balaban J connectivity index is 1.50. The van der Waals surface area contributed by atoms with E-state index in [0.717, 1.165) is 0 Å². The minimum Gasteiger partial charge on any atom is -0.507 e. The van der Waals surface area contributed by atoms with Gasteiger partial charge in [0.1, 0.15) is 34.7 Å². The number of aromatic hydroxyl groups is 1. The number of hydrogen-bond donors (Lipinski definition) is 6. The molecule has 9 unspecified atom stereocenters. The van der Waals surface area contributed by atoms with Crippen LogP contribution in [0.4, 0.5) is 0 Å². The number of benzene rings is 1. The molecule has 15 nitrogen and oxygen atoms in total. The zero-order valence-corrected chi connectivity index (χ0v) is 34.9. The Hall–Kier alpha value is -4.83. The molecule has 314 valence electrons. The van der Waals surface area contributed by atoms with Crippen LogP contribution in [-0.4, -0.2) is 112 Å². The van der Waals surface area contributed by atoms with Crippen LogP contribution in [0.3, 0.4) is 0 Å². The molecule has 1 aromatic carbocycles. The lowest BCUT2D eigenvalue weighted by Gasteiger charge is -2.38. The topological polar surface area (TPSA) is 212 Å². The van der Waals surface area contributed by atoms with Crippen LogP contribution in [-0.2, 0) is 23.8 Å². The van der Waals surface area contributed by atoms with Gasteiger partial charge in [0, 0.05) is 87.3 Å². The summed E-state index contributed by atoms with van der Waals surface area (Å²) in [5, 5.41) is 50.5. The standard InChI is InChI=1S/C43H57N5O10/c1-20-12-11-13-21(2)41(54)45-33-32-31(46-43(47-32)15-17-48(9)18-16-43)28-29(37(33)53)36(52)25(6)39-30(28)40(44)42(8,58-39)56-19-14-27(55-10)22(3)38(57-26(7)49)24(5)35(51)23(4)34(20)50/h11-14,19-20,22-24,27,34-35,38,44,47,50-52H,15-18H2,1-10H3,(H,45,54)/b12-11+,19-14+,21-13-,44-40?. The highest BCUT2D eigenvalue weighted by molar-refractivity contribution is 6.34. The lowest BCUT2D eigenvalue weighted by molar-refractivity contribution is -0.160. The molecule has 1 aliphatic carbocycles. The van der Waals surface area contributed by atoms with Crippen molar-refractivity contribution in [3.05, 3.63) is 69.8 Å². The number of phenolic OH excluding ortho intramolecular Hbond substituents is 1. The number of nitrogens with one attached hydrogen (secondary N) is 3. The maximum atomic E-state index is 14.6. The van der Waals surface area contributed by atoms with Crippen molar-refractivity contribution in [1.82, 2.24) is 15.5 Å². The molecule has 1 spiro atoms. The van der Waals surface area contributed by atoms with Crippen molar-refractivity contribution in [3.8, 4) is 11.5 Å². The number of aliphatic hydroxyl groups excluding tert-OH is 2. The fourth-order valence-corrected chi connectivity index (χ4v) is 8.67. The second-order valence-electron chi connectivity index (χ2n) is 16.7. The number of hydrogen-bond acceptors (Lipinski definition) is 14. The summed E-state index contributed by atoms with van der Waals surface area (Å²) in [5.74, 6) is -6.04. The number of methoxy groups -OCH3 is 1. The molecule has 5 aliphatic rings. The van der Waals surface area contributed by atoms with Crippen LogP contribution in [0.2, 0.25) is 0 Å². The molecule has 58 heavy (non-hydrogen) atoms. The van der Waals surface area contributed by atoms with Gasteiger partial charge in [-0.25, -0.2) is 0 Å². The van der Waals surface area contributed by atoms with Gasteiger partial charge in [0.15, 0.2) is 0 Å². The van der Waals surface area contributed by atoms with Gasteiger partial charge in [0.05, 0.1) is 47.1 Å². The molecule has 0 aromatic heterocycles. The van der Waals surface area contributed by atoms with Crippen LogP contribution >= 0.6 is 0 Å². The van der Waals surface area contributed by atoms with Gasteiger partial charge in [0.25, 0.3) is 11.7 Å². The SMILES string of the molecule is COC1/C=C/OC2(C)Oc3c(C)c(O)c4c(c3C2=N)C2=NC3(CCN(C)CC3)NC2=C(NC(=O)/C(C)=C\C=C\C(C)C(O)C(C)C(O)C(C)C(OC(C)=O)C1C)C4=O. The zero-order chi connectivity index (χ0) is 42.6. The lowest BCUT2D eigenvalue weighted by Crippen LogP contribution is -2.49. The van der Waals surface area contributed by atoms with Crippen molar-refractivity contribution in [3.63, 3.8) is 0 Å². The third-order valence-electron chi connectivity index (χ3n) is 12.5. The number of carbonyl (C=O) groups is 3. The van der Waals surface area contributed by atoms with Crippen molar-refractivity contribution in [1.29, 1.82) is 5.41 Å². The van der Waals surface area contributed by atoms with E-state index in [1.165, 1.54) is 20.3 Å². The number of ketones is 1. The highest BCUT2D eigenvalue weighted by atomic mass is 16.7. The summed E-state index contributed by atoms with van der Waals surface area (Å²) in [6.07, 6.45) is 5.35. The molecule has 1 fully saturated rings. The Bertz CT molecular complexity index is 2050. The number of esters is 1. The van der Waals surface area contributed by atoms with Crippen LogP contribution < -0.4 is 15.4 Å². The first-order valence-electron chi connectivity index (χ1n) is 19.9. The van der Waals surface area contributed by atoms with Crippen LogP contribution in [0.25, 0.3) is 0 Å². The monoisotopic (exact) mass is 803 g/mol. The summed E-state index contributed by atoms with van der Waals surface area (Å²) >= 11 is 0. The normalized spacial score (nSPS) is 34.9. The van der Waals surface area contributed by atoms with Crippen LogP contribution in [0.5, 0.6) is 11.5 Å². The van der Waals surface area contributed by atoms with Crippen molar-refractivity contribution in [2.45, 2.75) is 104 Å². The number of aliphatic imine (C=N–C) groups is 1. The Kier molecular flexibility index (Phi) is 11.9. The Morgan fingerprint density at radius 3 is 2.31 bits per heavy atom. The highest BCUT2D eigenvalue weighted by Gasteiger charge is 2.52. The fourth-order valence-electron chi connectivity index (χ4n) is 8.67. The summed E-state index contributed by atoms with van der Waals surface area (Å²) < 4.78 is 24.2. The molecule has 5 bridgehead atoms. The summed E-state index contributed by atoms with van der Waals surface area (Å²) in [7, 11) is 3.50. The third-order valence-corrected chi connectivity index (χ3v) is 12.5. The van der Waals surface area contributed by atoms with Crippen molar-refractivity contribution in [2.75, 3.05) is 27.2 Å². The number of rotatable bonds is 2. The molecular weight excluding hydrogens is 746 g/mol. The fraction of sp³-hybridized carbons (Fsp3) is 0.558. The van der Waals surface area contributed by atoms with Crippen molar-refractivity contribution >= 4 is 29.1 Å². The van der Waals surface area contributed by atoms with Gasteiger partial charge in [-0.3, -0.25) is 24.8 Å². The average molecular weight is 804 g/mol. The number of likely N-dealkylation sites (tertiary alicyclic amines) is 1. The van der Waals surface area contributed by atoms with E-state index in [1.807, 2.05) is 14.0 Å². The minimum atomic E-state index is -1.74. The molecule has 1 saturated heterocycles. The number of phenols is 1.